The van der Waals surface area contributed by atoms with Gasteiger partial charge in [-0.2, -0.15) is 0 Å². The first-order chi connectivity index (χ1) is 16.0. The molecule has 0 unspecified atom stereocenters. The first-order valence-electron chi connectivity index (χ1n) is 10.3. The van der Waals surface area contributed by atoms with Gasteiger partial charge < -0.3 is 19.9 Å². The molecule has 5 rings (SSSR count). The van der Waals surface area contributed by atoms with Gasteiger partial charge in [-0.05, 0) is 30.3 Å². The highest BCUT2D eigenvalue weighted by Crippen LogP contribution is 2.30. The third kappa shape index (κ3) is 4.25. The molecule has 33 heavy (non-hydrogen) atoms. The van der Waals surface area contributed by atoms with Crippen LogP contribution in [0.1, 0.15) is 22.2 Å². The van der Waals surface area contributed by atoms with E-state index in [2.05, 4.69) is 25.3 Å². The summed E-state index contributed by atoms with van der Waals surface area (Å²) in [6.45, 7) is 1.49. The predicted molar refractivity (Wildman–Crippen MR) is 129 cm³/mol. The number of benzene rings is 2. The largest absolute Gasteiger partial charge is 0.382 e. The SMILES string of the molecule is COC[C@H](Nc1ncnc2cc(C(=O)N3CC=CC3)c(Cl)cc12)c1nc2ccc(Cl)cc2[nH]1. The van der Waals surface area contributed by atoms with Gasteiger partial charge in [0.15, 0.2) is 0 Å². The minimum absolute atomic E-state index is 0.127. The summed E-state index contributed by atoms with van der Waals surface area (Å²) in [5.41, 5.74) is 2.66. The lowest BCUT2D eigenvalue weighted by Gasteiger charge is -2.19. The monoisotopic (exact) mass is 482 g/mol. The fraction of sp³-hybridized carbons (Fsp3) is 0.217. The van der Waals surface area contributed by atoms with E-state index >= 15 is 0 Å². The van der Waals surface area contributed by atoms with Gasteiger partial charge in [-0.25, -0.2) is 15.0 Å². The molecule has 0 fully saturated rings. The van der Waals surface area contributed by atoms with E-state index in [1.165, 1.54) is 6.33 Å². The second-order valence-corrected chi connectivity index (χ2v) is 8.53. The maximum absolute atomic E-state index is 12.9. The smallest absolute Gasteiger partial charge is 0.256 e. The molecule has 8 nitrogen and oxygen atoms in total. The Morgan fingerprint density at radius 2 is 2.00 bits per heavy atom. The number of halogens is 2. The van der Waals surface area contributed by atoms with Gasteiger partial charge in [0, 0.05) is 30.6 Å². The zero-order valence-corrected chi connectivity index (χ0v) is 19.2. The number of hydrogen-bond donors (Lipinski definition) is 2. The lowest BCUT2D eigenvalue weighted by molar-refractivity contribution is 0.0800. The van der Waals surface area contributed by atoms with Crippen molar-refractivity contribution in [3.8, 4) is 0 Å². The molecule has 2 aromatic heterocycles. The van der Waals surface area contributed by atoms with Crippen molar-refractivity contribution in [3.63, 3.8) is 0 Å². The van der Waals surface area contributed by atoms with Crippen LogP contribution in [0.4, 0.5) is 5.82 Å². The number of anilines is 1. The number of rotatable bonds is 6. The second-order valence-electron chi connectivity index (χ2n) is 7.69. The number of carbonyl (C=O) groups is 1. The van der Waals surface area contributed by atoms with Crippen molar-refractivity contribution in [1.82, 2.24) is 24.8 Å². The highest BCUT2D eigenvalue weighted by molar-refractivity contribution is 6.35. The van der Waals surface area contributed by atoms with Crippen molar-refractivity contribution in [2.75, 3.05) is 32.1 Å². The van der Waals surface area contributed by atoms with Crippen molar-refractivity contribution in [2.45, 2.75) is 6.04 Å². The van der Waals surface area contributed by atoms with Gasteiger partial charge in [0.25, 0.3) is 5.91 Å². The van der Waals surface area contributed by atoms with Crippen LogP contribution in [0.25, 0.3) is 21.9 Å². The Balaban J connectivity index is 1.49. The lowest BCUT2D eigenvalue weighted by Crippen LogP contribution is -2.28. The third-order valence-corrected chi connectivity index (χ3v) is 6.04. The van der Waals surface area contributed by atoms with Crippen LogP contribution in [-0.4, -0.2) is 57.5 Å². The number of nitrogens with zero attached hydrogens (tertiary/aromatic N) is 4. The summed E-state index contributed by atoms with van der Waals surface area (Å²) < 4.78 is 5.42. The molecule has 2 aromatic carbocycles. The number of fused-ring (bicyclic) bond motifs is 2. The van der Waals surface area contributed by atoms with Crippen molar-refractivity contribution in [2.24, 2.45) is 0 Å². The quantitative estimate of drug-likeness (QED) is 0.389. The molecule has 1 amide bonds. The minimum Gasteiger partial charge on any atom is -0.382 e. The first-order valence-corrected chi connectivity index (χ1v) is 11.1. The van der Waals surface area contributed by atoms with Gasteiger partial charge in [0.2, 0.25) is 0 Å². The molecule has 0 saturated heterocycles. The van der Waals surface area contributed by atoms with Crippen LogP contribution in [0.5, 0.6) is 0 Å². The number of carbonyl (C=O) groups excluding carboxylic acids is 1. The maximum Gasteiger partial charge on any atom is 0.256 e. The molecule has 1 aliphatic heterocycles. The number of nitrogens with one attached hydrogen (secondary N) is 2. The van der Waals surface area contributed by atoms with Crippen molar-refractivity contribution < 1.29 is 9.53 Å². The predicted octanol–water partition coefficient (Wildman–Crippen LogP) is 4.62. The number of imidazole rings is 1. The fourth-order valence-corrected chi connectivity index (χ4v) is 4.27. The van der Waals surface area contributed by atoms with Crippen LogP contribution in [0.3, 0.4) is 0 Å². The molecule has 2 N–H and O–H groups in total. The lowest BCUT2D eigenvalue weighted by atomic mass is 10.1. The van der Waals surface area contributed by atoms with Crippen molar-refractivity contribution in [3.05, 3.63) is 70.2 Å². The van der Waals surface area contributed by atoms with E-state index in [0.717, 1.165) is 11.0 Å². The topological polar surface area (TPSA) is 96.0 Å². The summed E-state index contributed by atoms with van der Waals surface area (Å²) >= 11 is 12.6. The van der Waals surface area contributed by atoms with Gasteiger partial charge in [0.1, 0.15) is 24.0 Å². The summed E-state index contributed by atoms with van der Waals surface area (Å²) in [6, 6.07) is 8.58. The zero-order valence-electron chi connectivity index (χ0n) is 17.7. The minimum atomic E-state index is -0.324. The first kappa shape index (κ1) is 21.6. The van der Waals surface area contributed by atoms with Crippen molar-refractivity contribution >= 4 is 56.9 Å². The van der Waals surface area contributed by atoms with E-state index in [1.807, 2.05) is 24.3 Å². The third-order valence-electron chi connectivity index (χ3n) is 5.50. The molecule has 0 radical (unpaired) electrons. The van der Waals surface area contributed by atoms with E-state index in [0.29, 0.717) is 57.9 Å². The molecule has 0 spiro atoms. The normalized spacial score (nSPS) is 14.3. The molecule has 3 heterocycles. The van der Waals surface area contributed by atoms with Crippen LogP contribution >= 0.6 is 23.2 Å². The standard InChI is InChI=1S/C23H20Cl2N6O2/c1-33-11-20(22-28-17-5-4-13(24)8-19(17)29-22)30-21-15-9-16(25)14(10-18(15)26-12-27-21)23(32)31-6-2-3-7-31/h2-5,8-10,12,20H,6-7,11H2,1H3,(H,28,29)(H,26,27,30)/t20-/m0/s1. The van der Waals surface area contributed by atoms with Crippen LogP contribution in [0.2, 0.25) is 10.0 Å². The Morgan fingerprint density at radius 1 is 1.18 bits per heavy atom. The number of aromatic amines is 1. The van der Waals surface area contributed by atoms with Gasteiger partial charge >= 0.3 is 0 Å². The summed E-state index contributed by atoms with van der Waals surface area (Å²) in [5, 5.41) is 5.04. The average Bonchev–Trinajstić information content (AvgIpc) is 3.48. The zero-order chi connectivity index (χ0) is 22.9. The summed E-state index contributed by atoms with van der Waals surface area (Å²) in [7, 11) is 1.62. The molecular formula is C23H20Cl2N6O2. The average molecular weight is 483 g/mol. The van der Waals surface area contributed by atoms with E-state index < -0.39 is 0 Å². The number of H-pyrrole nitrogens is 1. The molecule has 0 saturated carbocycles. The van der Waals surface area contributed by atoms with E-state index in [1.54, 1.807) is 30.2 Å². The molecule has 168 valence electrons. The molecule has 4 aromatic rings. The number of hydrogen-bond acceptors (Lipinski definition) is 6. The summed E-state index contributed by atoms with van der Waals surface area (Å²) in [4.78, 5) is 31.3. The highest BCUT2D eigenvalue weighted by Gasteiger charge is 2.22. The Morgan fingerprint density at radius 3 is 2.79 bits per heavy atom. The fourth-order valence-electron chi connectivity index (χ4n) is 3.86. The molecule has 1 atom stereocenters. The number of aromatic nitrogens is 4. The Bertz CT molecular complexity index is 1380. The van der Waals surface area contributed by atoms with Crippen LogP contribution in [0.15, 0.2) is 48.8 Å². The van der Waals surface area contributed by atoms with Crippen LogP contribution in [0, 0.1) is 0 Å². The van der Waals surface area contributed by atoms with Crippen LogP contribution < -0.4 is 5.32 Å². The summed E-state index contributed by atoms with van der Waals surface area (Å²) in [5.74, 6) is 1.11. The van der Waals surface area contributed by atoms with Gasteiger partial charge in [-0.1, -0.05) is 35.4 Å². The van der Waals surface area contributed by atoms with E-state index in [4.69, 9.17) is 27.9 Å². The molecule has 1 aliphatic rings. The maximum atomic E-state index is 12.9. The Kier molecular flexibility index (Phi) is 5.88. The van der Waals surface area contributed by atoms with Gasteiger partial charge in [-0.15, -0.1) is 0 Å². The van der Waals surface area contributed by atoms with Gasteiger partial charge in [-0.3, -0.25) is 4.79 Å². The molecular weight excluding hydrogens is 463 g/mol. The van der Waals surface area contributed by atoms with E-state index in [-0.39, 0.29) is 11.9 Å². The number of methoxy groups -OCH3 is 1. The number of amides is 1. The molecule has 10 heteroatoms. The Hall–Kier alpha value is -3.20. The van der Waals surface area contributed by atoms with Crippen molar-refractivity contribution in [1.29, 1.82) is 0 Å². The number of ether oxygens (including phenoxy) is 1. The van der Waals surface area contributed by atoms with Crippen LogP contribution in [-0.2, 0) is 4.74 Å². The highest BCUT2D eigenvalue weighted by atomic mass is 35.5. The van der Waals surface area contributed by atoms with Gasteiger partial charge in [0.05, 0.1) is 33.7 Å². The van der Waals surface area contributed by atoms with E-state index in [9.17, 15) is 4.79 Å². The Labute approximate surface area is 199 Å². The second kappa shape index (κ2) is 8.97. The molecule has 0 bridgehead atoms. The molecule has 0 aliphatic carbocycles. The summed E-state index contributed by atoms with van der Waals surface area (Å²) in [6.07, 6.45) is 5.37.